The molecule has 11 heteroatoms. The summed E-state index contributed by atoms with van der Waals surface area (Å²) in [6, 6.07) is 13.9. The number of aromatic nitrogens is 3. The second-order valence-corrected chi connectivity index (χ2v) is 11.3. The maximum atomic E-state index is 12.8. The lowest BCUT2D eigenvalue weighted by atomic mass is 9.82. The van der Waals surface area contributed by atoms with Gasteiger partial charge in [-0.15, -0.1) is 0 Å². The van der Waals surface area contributed by atoms with Crippen LogP contribution in [0.25, 0.3) is 16.6 Å². The highest BCUT2D eigenvalue weighted by Crippen LogP contribution is 2.39. The van der Waals surface area contributed by atoms with Gasteiger partial charge in [0.15, 0.2) is 0 Å². The number of halogens is 3. The molecule has 8 nitrogen and oxygen atoms in total. The number of hydrogen-bond acceptors (Lipinski definition) is 6. The number of nitrogen functional groups attached to an aromatic ring is 1. The van der Waals surface area contributed by atoms with E-state index >= 15 is 0 Å². The lowest BCUT2D eigenvalue weighted by molar-refractivity contribution is -0.137. The average molecular weight is 578 g/mol. The first-order valence-electron chi connectivity index (χ1n) is 14.3. The number of rotatable bonds is 5. The number of amides is 1. The Kier molecular flexibility index (Phi) is 7.63. The number of nitrogens with two attached hydrogens (primary N) is 1. The summed E-state index contributed by atoms with van der Waals surface area (Å²) in [5.41, 5.74) is 8.76. The Balaban J connectivity index is 1.18. The zero-order chi connectivity index (χ0) is 29.4. The molecule has 0 atom stereocenters. The number of nitrogens with zero attached hydrogens (tertiary/aromatic N) is 5. The standard InChI is InChI=1S/C31H34F3N7O/c1-39-16-18-40(19-17-39)24-10-4-20(5-11-24)27-26-14-15-36-29(35)28(26)41(38-27)25-12-8-23(9-13-25)37-30(42)21-2-6-22(7-3-21)31(32,33)34/h2-3,6-9,12-15,20,24H,4-5,10-11,16-19H2,1H3,(H2,35,36)(H,37,42). The van der Waals surface area contributed by atoms with Crippen molar-refractivity contribution in [1.29, 1.82) is 0 Å². The van der Waals surface area contributed by atoms with E-state index in [0.717, 1.165) is 98.4 Å². The summed E-state index contributed by atoms with van der Waals surface area (Å²) in [5, 5.41) is 8.80. The van der Waals surface area contributed by atoms with E-state index in [0.29, 0.717) is 23.5 Å². The molecule has 1 aliphatic carbocycles. The molecule has 0 spiro atoms. The molecular weight excluding hydrogens is 543 g/mol. The van der Waals surface area contributed by atoms with Crippen LogP contribution in [-0.2, 0) is 6.18 Å². The minimum Gasteiger partial charge on any atom is -0.382 e. The molecule has 1 saturated heterocycles. The summed E-state index contributed by atoms with van der Waals surface area (Å²) in [7, 11) is 2.18. The van der Waals surface area contributed by atoms with Crippen molar-refractivity contribution in [3.63, 3.8) is 0 Å². The van der Waals surface area contributed by atoms with Gasteiger partial charge in [0, 0.05) is 61.0 Å². The van der Waals surface area contributed by atoms with E-state index in [1.54, 1.807) is 18.3 Å². The van der Waals surface area contributed by atoms with Gasteiger partial charge in [0.05, 0.1) is 16.9 Å². The van der Waals surface area contributed by atoms with Crippen molar-refractivity contribution < 1.29 is 18.0 Å². The molecule has 6 rings (SSSR count). The van der Waals surface area contributed by atoms with Crippen molar-refractivity contribution in [2.75, 3.05) is 44.3 Å². The monoisotopic (exact) mass is 577 g/mol. The average Bonchev–Trinajstić information content (AvgIpc) is 3.39. The van der Waals surface area contributed by atoms with Gasteiger partial charge in [-0.2, -0.15) is 18.3 Å². The molecule has 2 aromatic carbocycles. The molecule has 220 valence electrons. The Morgan fingerprint density at radius 2 is 1.60 bits per heavy atom. The van der Waals surface area contributed by atoms with Gasteiger partial charge in [-0.3, -0.25) is 9.69 Å². The number of hydrogen-bond donors (Lipinski definition) is 2. The molecule has 2 aromatic heterocycles. The van der Waals surface area contributed by atoms with Crippen LogP contribution in [0.3, 0.4) is 0 Å². The summed E-state index contributed by atoms with van der Waals surface area (Å²) >= 11 is 0. The third-order valence-electron chi connectivity index (χ3n) is 8.63. The first-order valence-corrected chi connectivity index (χ1v) is 14.3. The fourth-order valence-corrected chi connectivity index (χ4v) is 6.20. The van der Waals surface area contributed by atoms with Crippen LogP contribution >= 0.6 is 0 Å². The largest absolute Gasteiger partial charge is 0.416 e. The van der Waals surface area contributed by atoms with E-state index in [2.05, 4.69) is 27.1 Å². The number of alkyl halides is 3. The second-order valence-electron chi connectivity index (χ2n) is 11.3. The quantitative estimate of drug-likeness (QED) is 0.323. The lowest BCUT2D eigenvalue weighted by Gasteiger charge is -2.41. The van der Waals surface area contributed by atoms with Crippen molar-refractivity contribution in [1.82, 2.24) is 24.6 Å². The van der Waals surface area contributed by atoms with E-state index in [-0.39, 0.29) is 5.56 Å². The molecule has 1 amide bonds. The van der Waals surface area contributed by atoms with E-state index in [9.17, 15) is 18.0 Å². The fraction of sp³-hybridized carbons (Fsp3) is 0.387. The molecule has 4 aromatic rings. The molecule has 2 aliphatic rings. The minimum absolute atomic E-state index is 0.135. The van der Waals surface area contributed by atoms with Gasteiger partial charge in [-0.1, -0.05) is 0 Å². The maximum Gasteiger partial charge on any atom is 0.416 e. The Bertz CT molecular complexity index is 1550. The van der Waals surface area contributed by atoms with Crippen LogP contribution in [0, 0.1) is 0 Å². The van der Waals surface area contributed by atoms with Crippen LogP contribution < -0.4 is 11.1 Å². The van der Waals surface area contributed by atoms with E-state index in [1.165, 1.54) is 0 Å². The fourth-order valence-electron chi connectivity index (χ4n) is 6.20. The van der Waals surface area contributed by atoms with Gasteiger partial charge < -0.3 is 16.0 Å². The highest BCUT2D eigenvalue weighted by molar-refractivity contribution is 6.04. The van der Waals surface area contributed by atoms with Gasteiger partial charge in [-0.05, 0) is 87.3 Å². The van der Waals surface area contributed by atoms with Crippen molar-refractivity contribution in [3.05, 3.63) is 77.6 Å². The summed E-state index contributed by atoms with van der Waals surface area (Å²) in [6.07, 6.45) is 1.71. The van der Waals surface area contributed by atoms with Crippen LogP contribution in [0.1, 0.15) is 53.2 Å². The van der Waals surface area contributed by atoms with Crippen molar-refractivity contribution in [3.8, 4) is 5.69 Å². The molecule has 3 heterocycles. The lowest BCUT2D eigenvalue weighted by Crippen LogP contribution is -2.49. The number of carbonyl (C=O) groups is 1. The maximum absolute atomic E-state index is 12.8. The van der Waals surface area contributed by atoms with Gasteiger partial charge in [0.1, 0.15) is 11.3 Å². The number of pyridine rings is 1. The number of benzene rings is 2. The Labute approximate surface area is 242 Å². The van der Waals surface area contributed by atoms with Gasteiger partial charge >= 0.3 is 6.18 Å². The molecule has 0 radical (unpaired) electrons. The smallest absolute Gasteiger partial charge is 0.382 e. The molecule has 42 heavy (non-hydrogen) atoms. The normalized spacial score (nSPS) is 20.6. The zero-order valence-electron chi connectivity index (χ0n) is 23.4. The highest BCUT2D eigenvalue weighted by Gasteiger charge is 2.32. The van der Waals surface area contributed by atoms with Crippen molar-refractivity contribution in [2.24, 2.45) is 0 Å². The highest BCUT2D eigenvalue weighted by atomic mass is 19.4. The summed E-state index contributed by atoms with van der Waals surface area (Å²) in [6.45, 7) is 4.51. The van der Waals surface area contributed by atoms with Gasteiger partial charge in [-0.25, -0.2) is 9.67 Å². The second kappa shape index (κ2) is 11.4. The van der Waals surface area contributed by atoms with Gasteiger partial charge in [0.2, 0.25) is 0 Å². The first kappa shape index (κ1) is 28.2. The predicted molar refractivity (Wildman–Crippen MR) is 157 cm³/mol. The van der Waals surface area contributed by atoms with Crippen molar-refractivity contribution in [2.45, 2.75) is 43.8 Å². The molecule has 1 aliphatic heterocycles. The van der Waals surface area contributed by atoms with E-state index < -0.39 is 17.6 Å². The third-order valence-corrected chi connectivity index (χ3v) is 8.63. The molecule has 2 fully saturated rings. The number of fused-ring (bicyclic) bond motifs is 1. The predicted octanol–water partition coefficient (Wildman–Crippen LogP) is 5.55. The number of carbonyl (C=O) groups excluding carboxylic acids is 1. The topological polar surface area (TPSA) is 92.3 Å². The molecule has 0 unspecified atom stereocenters. The Morgan fingerprint density at radius 1 is 0.929 bits per heavy atom. The summed E-state index contributed by atoms with van der Waals surface area (Å²) in [4.78, 5) is 22.0. The van der Waals surface area contributed by atoms with Crippen LogP contribution in [0.2, 0.25) is 0 Å². The molecule has 1 saturated carbocycles. The van der Waals surface area contributed by atoms with Crippen LogP contribution in [-0.4, -0.2) is 69.7 Å². The van der Waals surface area contributed by atoms with E-state index in [4.69, 9.17) is 10.8 Å². The Hall–Kier alpha value is -3.96. The molecular formula is C31H34F3N7O. The van der Waals surface area contributed by atoms with Crippen molar-refractivity contribution >= 4 is 28.3 Å². The summed E-state index contributed by atoms with van der Waals surface area (Å²) in [5.74, 6) is 0.238. The number of likely N-dealkylation sites (N-methyl/N-ethyl adjacent to an activating group) is 1. The first-order chi connectivity index (χ1) is 20.2. The number of anilines is 2. The zero-order valence-corrected chi connectivity index (χ0v) is 23.4. The van der Waals surface area contributed by atoms with Crippen LogP contribution in [0.4, 0.5) is 24.7 Å². The molecule has 3 N–H and O–H groups in total. The van der Waals surface area contributed by atoms with Crippen LogP contribution in [0.15, 0.2) is 60.8 Å². The third kappa shape index (κ3) is 5.71. The van der Waals surface area contributed by atoms with E-state index in [1.807, 2.05) is 22.9 Å². The SMILES string of the molecule is CN1CCN(C2CCC(c3nn(-c4ccc(NC(=O)c5ccc(C(F)(F)F)cc5)cc4)c4c(N)nccc34)CC2)CC1. The number of nitrogens with one attached hydrogen (secondary N) is 1. The van der Waals surface area contributed by atoms with Crippen LogP contribution in [0.5, 0.6) is 0 Å². The minimum atomic E-state index is -4.45. The molecule has 0 bridgehead atoms. The van der Waals surface area contributed by atoms with Gasteiger partial charge in [0.25, 0.3) is 5.91 Å². The number of piperazine rings is 1. The Morgan fingerprint density at radius 3 is 2.24 bits per heavy atom. The summed E-state index contributed by atoms with van der Waals surface area (Å²) < 4.78 is 40.4.